The zero-order valence-corrected chi connectivity index (χ0v) is 23.7. The van der Waals surface area contributed by atoms with Gasteiger partial charge in [-0.2, -0.15) is 16.8 Å². The second-order valence-electron chi connectivity index (χ2n) is 12.5. The molecule has 0 saturated heterocycles. The minimum Gasteiger partial charge on any atom is -0.381 e. The van der Waals surface area contributed by atoms with Crippen LogP contribution < -0.4 is 4.18 Å². The van der Waals surface area contributed by atoms with Crippen molar-refractivity contribution in [1.82, 2.24) is 0 Å². The lowest BCUT2D eigenvalue weighted by atomic mass is 9.75. The first-order valence-electron chi connectivity index (χ1n) is 10.9. The summed E-state index contributed by atoms with van der Waals surface area (Å²) in [6, 6.07) is 3.81. The van der Waals surface area contributed by atoms with Gasteiger partial charge in [0.25, 0.3) is 10.1 Å². The van der Waals surface area contributed by atoms with E-state index in [1.54, 1.807) is 0 Å². The van der Waals surface area contributed by atoms with Gasteiger partial charge in [-0.25, -0.2) is 4.39 Å². The van der Waals surface area contributed by atoms with E-state index in [1.807, 2.05) is 53.7 Å². The Bertz CT molecular complexity index is 1060. The average Bonchev–Trinajstić information content (AvgIpc) is 2.56. The molecule has 33 heavy (non-hydrogen) atoms. The van der Waals surface area contributed by atoms with Gasteiger partial charge in [-0.05, 0) is 42.6 Å². The van der Waals surface area contributed by atoms with Crippen LogP contribution in [-0.4, -0.2) is 37.6 Å². The van der Waals surface area contributed by atoms with Crippen LogP contribution in [0, 0.1) is 0 Å². The molecule has 0 amide bonds. The average molecular weight is 509 g/mol. The molecule has 0 spiro atoms. The van der Waals surface area contributed by atoms with E-state index in [2.05, 4.69) is 20.8 Å². The van der Waals surface area contributed by atoms with E-state index in [-0.39, 0.29) is 11.2 Å². The second-order valence-corrected chi connectivity index (χ2v) is 16.5. The van der Waals surface area contributed by atoms with Crippen molar-refractivity contribution >= 4 is 20.2 Å². The van der Waals surface area contributed by atoms with Gasteiger partial charge < -0.3 is 4.18 Å². The van der Waals surface area contributed by atoms with E-state index in [0.717, 1.165) is 26.3 Å². The largest absolute Gasteiger partial charge is 0.381 e. The third-order valence-electron chi connectivity index (χ3n) is 6.49. The molecule has 0 aromatic heterocycles. The van der Waals surface area contributed by atoms with Gasteiger partial charge in [-0.15, -0.1) is 0 Å². The van der Waals surface area contributed by atoms with Gasteiger partial charge in [0.05, 0.1) is 0 Å². The molecule has 0 aliphatic heterocycles. The van der Waals surface area contributed by atoms with Crippen LogP contribution in [0.3, 0.4) is 0 Å². The third-order valence-corrected chi connectivity index (χ3v) is 10.5. The van der Waals surface area contributed by atoms with Crippen molar-refractivity contribution in [1.29, 1.82) is 0 Å². The molecule has 0 aliphatic carbocycles. The molecule has 1 atom stereocenters. The highest BCUT2D eigenvalue weighted by atomic mass is 32.2. The molecule has 0 fully saturated rings. The number of hydrogen-bond donors (Lipinski definition) is 1. The SMILES string of the molecule is CC(C)(C)c1cc(C(C)(C)C)c(OS(=O)(=O)C(C)(C)C(C)(CF)S(=O)(=O)O)c(C(C)(C)C)c1. The maximum absolute atomic E-state index is 14.0. The summed E-state index contributed by atoms with van der Waals surface area (Å²) in [6.45, 7) is 19.1. The van der Waals surface area contributed by atoms with E-state index in [4.69, 9.17) is 4.18 Å². The minimum atomic E-state index is -5.08. The number of hydrogen-bond acceptors (Lipinski definition) is 5. The zero-order valence-electron chi connectivity index (χ0n) is 22.0. The zero-order chi connectivity index (χ0) is 26.6. The molecule has 1 aromatic carbocycles. The summed E-state index contributed by atoms with van der Waals surface area (Å²) in [5, 5.41) is 0. The van der Waals surface area contributed by atoms with E-state index >= 15 is 0 Å². The first-order chi connectivity index (χ1) is 14.2. The first kappa shape index (κ1) is 29.8. The van der Waals surface area contributed by atoms with Crippen molar-refractivity contribution < 1.29 is 30.0 Å². The van der Waals surface area contributed by atoms with Crippen molar-refractivity contribution in [3.8, 4) is 5.75 Å². The maximum Gasteiger partial charge on any atom is 0.316 e. The van der Waals surface area contributed by atoms with Crippen LogP contribution >= 0.6 is 0 Å². The lowest BCUT2D eigenvalue weighted by Crippen LogP contribution is -2.60. The van der Waals surface area contributed by atoms with E-state index in [0.29, 0.717) is 11.1 Å². The van der Waals surface area contributed by atoms with Crippen LogP contribution in [0.4, 0.5) is 4.39 Å². The molecule has 1 N–H and O–H groups in total. The Balaban J connectivity index is 4.04. The monoisotopic (exact) mass is 508 g/mol. The summed E-state index contributed by atoms with van der Waals surface area (Å²) in [7, 11) is -9.84. The molecule has 6 nitrogen and oxygen atoms in total. The van der Waals surface area contributed by atoms with Crippen LogP contribution in [0.15, 0.2) is 12.1 Å². The Labute approximate surface area is 200 Å². The Kier molecular flexibility index (Phi) is 7.67. The summed E-state index contributed by atoms with van der Waals surface area (Å²) in [6.07, 6.45) is 0. The molecule has 9 heteroatoms. The summed E-state index contributed by atoms with van der Waals surface area (Å²) in [5.41, 5.74) is 0.980. The topological polar surface area (TPSA) is 97.7 Å². The molecule has 192 valence electrons. The Hall–Kier alpha value is -1.19. The number of alkyl halides is 1. The van der Waals surface area contributed by atoms with Crippen LogP contribution in [0.1, 0.15) is 99.8 Å². The van der Waals surface area contributed by atoms with Gasteiger partial charge in [0.1, 0.15) is 21.9 Å². The highest BCUT2D eigenvalue weighted by Gasteiger charge is 2.60. The predicted octanol–water partition coefficient (Wildman–Crippen LogP) is 5.68. The Morgan fingerprint density at radius 3 is 1.36 bits per heavy atom. The Morgan fingerprint density at radius 2 is 1.12 bits per heavy atom. The fraction of sp³-hybridized carbons (Fsp3) is 0.750. The quantitative estimate of drug-likeness (QED) is 0.392. The van der Waals surface area contributed by atoms with E-state index in [9.17, 15) is 25.8 Å². The molecule has 0 heterocycles. The lowest BCUT2D eigenvalue weighted by molar-refractivity contribution is 0.300. The standard InChI is InChI=1S/C24H41FO6S2/c1-20(2,3)16-13-17(21(4,5)6)19(18(14-16)22(7,8)9)31-33(29,30)23(10,11)24(12,15-25)32(26,27)28/h13-14H,15H2,1-12H3,(H,26,27,28). The van der Waals surface area contributed by atoms with Crippen molar-refractivity contribution in [2.75, 3.05) is 6.67 Å². The highest BCUT2D eigenvalue weighted by molar-refractivity contribution is 7.92. The summed E-state index contributed by atoms with van der Waals surface area (Å²) in [4.78, 5) is 0. The van der Waals surface area contributed by atoms with Crippen LogP contribution in [0.25, 0.3) is 0 Å². The highest BCUT2D eigenvalue weighted by Crippen LogP contribution is 2.46. The van der Waals surface area contributed by atoms with Crippen LogP contribution in [-0.2, 0) is 36.5 Å². The van der Waals surface area contributed by atoms with Gasteiger partial charge >= 0.3 is 10.1 Å². The van der Waals surface area contributed by atoms with Crippen LogP contribution in [0.5, 0.6) is 5.75 Å². The minimum absolute atomic E-state index is 0.104. The number of rotatable bonds is 6. The van der Waals surface area contributed by atoms with Crippen molar-refractivity contribution in [3.05, 3.63) is 28.8 Å². The smallest absolute Gasteiger partial charge is 0.316 e. The number of benzene rings is 1. The summed E-state index contributed by atoms with van der Waals surface area (Å²) >= 11 is 0. The fourth-order valence-electron chi connectivity index (χ4n) is 3.28. The van der Waals surface area contributed by atoms with E-state index in [1.165, 1.54) is 0 Å². The van der Waals surface area contributed by atoms with Gasteiger partial charge in [-0.1, -0.05) is 74.4 Å². The predicted molar refractivity (Wildman–Crippen MR) is 132 cm³/mol. The van der Waals surface area contributed by atoms with Crippen molar-refractivity contribution in [2.45, 2.75) is 109 Å². The summed E-state index contributed by atoms with van der Waals surface area (Å²) in [5.74, 6) is 0.104. The summed E-state index contributed by atoms with van der Waals surface area (Å²) < 4.78 is 75.6. The lowest BCUT2D eigenvalue weighted by Gasteiger charge is -2.39. The second kappa shape index (κ2) is 8.48. The molecule has 1 unspecified atom stereocenters. The molecule has 1 rings (SSSR count). The van der Waals surface area contributed by atoms with Crippen molar-refractivity contribution in [2.24, 2.45) is 0 Å². The van der Waals surface area contributed by atoms with Gasteiger partial charge in [0.2, 0.25) is 0 Å². The van der Waals surface area contributed by atoms with Gasteiger partial charge in [0.15, 0.2) is 0 Å². The third kappa shape index (κ3) is 5.56. The molecule has 0 saturated carbocycles. The maximum atomic E-state index is 14.0. The van der Waals surface area contributed by atoms with Crippen LogP contribution in [0.2, 0.25) is 0 Å². The molecular formula is C24H41FO6S2. The normalized spacial score (nSPS) is 16.4. The molecule has 0 bridgehead atoms. The van der Waals surface area contributed by atoms with E-state index < -0.39 is 47.2 Å². The Morgan fingerprint density at radius 1 is 0.758 bits per heavy atom. The molecule has 0 radical (unpaired) electrons. The van der Waals surface area contributed by atoms with Gasteiger partial charge in [-0.3, -0.25) is 4.55 Å². The van der Waals surface area contributed by atoms with Gasteiger partial charge in [0, 0.05) is 11.1 Å². The first-order valence-corrected chi connectivity index (χ1v) is 13.8. The molecular weight excluding hydrogens is 467 g/mol. The number of halogens is 1. The van der Waals surface area contributed by atoms with Crippen molar-refractivity contribution in [3.63, 3.8) is 0 Å². The molecule has 0 aliphatic rings. The fourth-order valence-corrected chi connectivity index (χ4v) is 5.86. The molecule has 1 aromatic rings.